The highest BCUT2D eigenvalue weighted by Gasteiger charge is 2.23. The van der Waals surface area contributed by atoms with Gasteiger partial charge in [0.15, 0.2) is 0 Å². The Hall–Kier alpha value is -1.51. The average Bonchev–Trinajstić information content (AvgIpc) is 2.86. The van der Waals surface area contributed by atoms with Crippen LogP contribution in [0.3, 0.4) is 0 Å². The predicted molar refractivity (Wildman–Crippen MR) is 74.5 cm³/mol. The second-order valence-corrected chi connectivity index (χ2v) is 5.57. The summed E-state index contributed by atoms with van der Waals surface area (Å²) < 4.78 is 0. The van der Waals surface area contributed by atoms with E-state index in [-0.39, 0.29) is 12.0 Å². The molecule has 0 aromatic heterocycles. The van der Waals surface area contributed by atoms with Crippen molar-refractivity contribution < 1.29 is 9.90 Å². The van der Waals surface area contributed by atoms with Gasteiger partial charge < -0.3 is 10.0 Å². The second-order valence-electron chi connectivity index (χ2n) is 4.58. The molecule has 1 atom stereocenters. The highest BCUT2D eigenvalue weighted by atomic mass is 32.2. The molecule has 2 rings (SSSR count). The van der Waals surface area contributed by atoms with Crippen LogP contribution in [0.25, 0.3) is 0 Å². The first-order valence-corrected chi connectivity index (χ1v) is 7.37. The molecular weight excluding hydrogens is 260 g/mol. The summed E-state index contributed by atoms with van der Waals surface area (Å²) in [6.07, 6.45) is 0.332. The van der Waals surface area contributed by atoms with Crippen molar-refractivity contribution in [1.82, 2.24) is 4.90 Å². The van der Waals surface area contributed by atoms with Crippen molar-refractivity contribution in [2.75, 3.05) is 18.8 Å². The first-order valence-electron chi connectivity index (χ1n) is 6.21. The molecule has 0 aliphatic carbocycles. The Balaban J connectivity index is 1.74. The molecular formula is C14H16N2O2S. The number of nitriles is 1. The smallest absolute Gasteiger partial charge is 0.232 e. The third kappa shape index (κ3) is 3.98. The molecule has 1 amide bonds. The number of thioether (sulfide) groups is 1. The number of hydrogen-bond donors (Lipinski definition) is 1. The van der Waals surface area contributed by atoms with Crippen LogP contribution < -0.4 is 0 Å². The van der Waals surface area contributed by atoms with Gasteiger partial charge >= 0.3 is 0 Å². The fourth-order valence-electron chi connectivity index (χ4n) is 1.99. The summed E-state index contributed by atoms with van der Waals surface area (Å²) in [6, 6.07) is 9.48. The monoisotopic (exact) mass is 276 g/mol. The highest BCUT2D eigenvalue weighted by molar-refractivity contribution is 7.99. The molecule has 1 fully saturated rings. The first kappa shape index (κ1) is 13.9. The Morgan fingerprint density at radius 2 is 2.21 bits per heavy atom. The van der Waals surface area contributed by atoms with Gasteiger partial charge in [0, 0.05) is 18.8 Å². The maximum Gasteiger partial charge on any atom is 0.232 e. The number of benzene rings is 1. The summed E-state index contributed by atoms with van der Waals surface area (Å²) in [5.74, 6) is 1.29. The zero-order chi connectivity index (χ0) is 13.7. The Morgan fingerprint density at radius 1 is 1.47 bits per heavy atom. The number of amides is 1. The van der Waals surface area contributed by atoms with Crippen LogP contribution in [0.2, 0.25) is 0 Å². The van der Waals surface area contributed by atoms with Crippen LogP contribution in [-0.2, 0) is 10.5 Å². The summed E-state index contributed by atoms with van der Waals surface area (Å²) in [4.78, 5) is 13.6. The van der Waals surface area contributed by atoms with Crippen LogP contribution in [-0.4, -0.2) is 40.9 Å². The zero-order valence-electron chi connectivity index (χ0n) is 10.6. The topological polar surface area (TPSA) is 64.3 Å². The summed E-state index contributed by atoms with van der Waals surface area (Å²) in [7, 11) is 0. The number of carbonyl (C=O) groups excluding carboxylic acids is 1. The molecule has 1 saturated heterocycles. The van der Waals surface area contributed by atoms with Crippen molar-refractivity contribution >= 4 is 17.7 Å². The number of aliphatic hydroxyl groups excluding tert-OH is 1. The Morgan fingerprint density at radius 3 is 2.79 bits per heavy atom. The van der Waals surface area contributed by atoms with E-state index in [9.17, 15) is 9.90 Å². The lowest BCUT2D eigenvalue weighted by Crippen LogP contribution is -2.30. The van der Waals surface area contributed by atoms with Crippen molar-refractivity contribution in [2.24, 2.45) is 0 Å². The zero-order valence-corrected chi connectivity index (χ0v) is 11.4. The van der Waals surface area contributed by atoms with Gasteiger partial charge in [0.25, 0.3) is 0 Å². The molecule has 19 heavy (non-hydrogen) atoms. The number of β-amino-alcohol motifs (C(OH)–C–C–N with tert-alkyl or cyclic N) is 1. The molecule has 1 heterocycles. The van der Waals surface area contributed by atoms with Gasteiger partial charge in [-0.2, -0.15) is 5.26 Å². The molecule has 0 bridgehead atoms. The second kappa shape index (κ2) is 6.60. The van der Waals surface area contributed by atoms with Crippen LogP contribution >= 0.6 is 11.8 Å². The van der Waals surface area contributed by atoms with E-state index in [4.69, 9.17) is 5.26 Å². The molecule has 1 aromatic carbocycles. The fraction of sp³-hybridized carbons (Fsp3) is 0.429. The van der Waals surface area contributed by atoms with Crippen LogP contribution in [0.15, 0.2) is 24.3 Å². The van der Waals surface area contributed by atoms with Gasteiger partial charge in [0.05, 0.1) is 23.5 Å². The van der Waals surface area contributed by atoms with Crippen molar-refractivity contribution in [3.05, 3.63) is 35.4 Å². The lowest BCUT2D eigenvalue weighted by atomic mass is 10.2. The number of likely N-dealkylation sites (tertiary alicyclic amines) is 1. The lowest BCUT2D eigenvalue weighted by Gasteiger charge is -2.14. The fourth-order valence-corrected chi connectivity index (χ4v) is 2.88. The van der Waals surface area contributed by atoms with Gasteiger partial charge in [-0.05, 0) is 24.1 Å². The van der Waals surface area contributed by atoms with Crippen LogP contribution in [0.1, 0.15) is 17.5 Å². The van der Waals surface area contributed by atoms with Gasteiger partial charge in [0.2, 0.25) is 5.91 Å². The molecule has 1 N–H and O–H groups in total. The van der Waals surface area contributed by atoms with E-state index in [0.717, 1.165) is 11.3 Å². The van der Waals surface area contributed by atoms with Gasteiger partial charge in [0.1, 0.15) is 0 Å². The molecule has 4 nitrogen and oxygen atoms in total. The van der Waals surface area contributed by atoms with Crippen LogP contribution in [0.4, 0.5) is 0 Å². The third-order valence-corrected chi connectivity index (χ3v) is 4.08. The van der Waals surface area contributed by atoms with E-state index in [1.54, 1.807) is 28.8 Å². The summed E-state index contributed by atoms with van der Waals surface area (Å²) in [6.45, 7) is 1.13. The normalized spacial score (nSPS) is 18.3. The number of carbonyl (C=O) groups is 1. The van der Waals surface area contributed by atoms with E-state index < -0.39 is 0 Å². The largest absolute Gasteiger partial charge is 0.391 e. The van der Waals surface area contributed by atoms with Gasteiger partial charge in [-0.3, -0.25) is 4.79 Å². The number of nitrogens with zero attached hydrogens (tertiary/aromatic N) is 2. The average molecular weight is 276 g/mol. The Bertz CT molecular complexity index is 481. The maximum atomic E-state index is 11.8. The molecule has 0 saturated carbocycles. The Labute approximate surface area is 117 Å². The van der Waals surface area contributed by atoms with Crippen molar-refractivity contribution in [2.45, 2.75) is 18.3 Å². The number of rotatable bonds is 4. The SMILES string of the molecule is N#Cc1ccc(CSCC(=O)N2CC[C@@H](O)C2)cc1. The van der Waals surface area contributed by atoms with E-state index in [1.165, 1.54) is 0 Å². The van der Waals surface area contributed by atoms with Crippen molar-refractivity contribution in [3.8, 4) is 6.07 Å². The third-order valence-electron chi connectivity index (χ3n) is 3.09. The predicted octanol–water partition coefficient (Wildman–Crippen LogP) is 1.38. The molecule has 1 aromatic rings. The van der Waals surface area contributed by atoms with Gasteiger partial charge in [-0.1, -0.05) is 12.1 Å². The molecule has 1 aliphatic rings. The molecule has 0 unspecified atom stereocenters. The van der Waals surface area contributed by atoms with E-state index in [0.29, 0.717) is 30.8 Å². The molecule has 0 radical (unpaired) electrons. The van der Waals surface area contributed by atoms with Crippen LogP contribution in [0, 0.1) is 11.3 Å². The molecule has 100 valence electrons. The molecule has 5 heteroatoms. The van der Waals surface area contributed by atoms with Crippen LogP contribution in [0.5, 0.6) is 0 Å². The van der Waals surface area contributed by atoms with E-state index in [2.05, 4.69) is 6.07 Å². The highest BCUT2D eigenvalue weighted by Crippen LogP contribution is 2.15. The minimum atomic E-state index is -0.354. The maximum absolute atomic E-state index is 11.8. The van der Waals surface area contributed by atoms with E-state index >= 15 is 0 Å². The number of aliphatic hydroxyl groups is 1. The van der Waals surface area contributed by atoms with Crippen molar-refractivity contribution in [3.63, 3.8) is 0 Å². The summed E-state index contributed by atoms with van der Waals surface area (Å²) in [5.41, 5.74) is 1.76. The minimum Gasteiger partial charge on any atom is -0.391 e. The number of hydrogen-bond acceptors (Lipinski definition) is 4. The van der Waals surface area contributed by atoms with Gasteiger partial charge in [-0.25, -0.2) is 0 Å². The summed E-state index contributed by atoms with van der Waals surface area (Å²) >= 11 is 1.56. The first-order chi connectivity index (χ1) is 9.19. The summed E-state index contributed by atoms with van der Waals surface area (Å²) in [5, 5.41) is 18.1. The molecule has 1 aliphatic heterocycles. The standard InChI is InChI=1S/C14H16N2O2S/c15-7-11-1-3-12(4-2-11)9-19-10-14(18)16-6-5-13(17)8-16/h1-4,13,17H,5-6,8-10H2/t13-/m1/s1. The van der Waals surface area contributed by atoms with Gasteiger partial charge in [-0.15, -0.1) is 11.8 Å². The Kier molecular flexibility index (Phi) is 4.83. The minimum absolute atomic E-state index is 0.0928. The van der Waals surface area contributed by atoms with Crippen molar-refractivity contribution in [1.29, 1.82) is 5.26 Å². The lowest BCUT2D eigenvalue weighted by molar-refractivity contribution is -0.127. The van der Waals surface area contributed by atoms with E-state index in [1.807, 2.05) is 12.1 Å². The molecule has 0 spiro atoms. The quantitative estimate of drug-likeness (QED) is 0.902.